The van der Waals surface area contributed by atoms with Gasteiger partial charge in [0.15, 0.2) is 6.61 Å². The van der Waals surface area contributed by atoms with Gasteiger partial charge in [-0.05, 0) is 48.9 Å². The minimum absolute atomic E-state index is 0.0543. The SMILES string of the molecule is CN=C(NC(C)c1ccc(OCC(=O)NC2CC2)cc1)c1cccs1. The minimum atomic E-state index is -0.0543. The number of carbonyl (C=O) groups excluding carboxylic acids is 1. The molecule has 3 rings (SSSR count). The van der Waals surface area contributed by atoms with Crippen molar-refractivity contribution in [1.82, 2.24) is 10.6 Å². The normalized spacial score (nSPS) is 15.5. The topological polar surface area (TPSA) is 62.7 Å². The third kappa shape index (κ3) is 5.06. The van der Waals surface area contributed by atoms with E-state index in [4.69, 9.17) is 4.74 Å². The van der Waals surface area contributed by atoms with Crippen LogP contribution in [-0.4, -0.2) is 31.4 Å². The largest absolute Gasteiger partial charge is 0.484 e. The van der Waals surface area contributed by atoms with Crippen LogP contribution in [0.4, 0.5) is 0 Å². The molecule has 2 N–H and O–H groups in total. The number of hydrogen-bond donors (Lipinski definition) is 2. The number of nitrogens with zero attached hydrogens (tertiary/aromatic N) is 1. The number of amidine groups is 1. The molecule has 0 radical (unpaired) electrons. The molecule has 0 bridgehead atoms. The molecule has 2 aromatic rings. The van der Waals surface area contributed by atoms with Crippen molar-refractivity contribution in [1.29, 1.82) is 0 Å². The highest BCUT2D eigenvalue weighted by atomic mass is 32.1. The van der Waals surface area contributed by atoms with E-state index in [1.165, 1.54) is 0 Å². The van der Waals surface area contributed by atoms with Gasteiger partial charge in [0.05, 0.1) is 4.88 Å². The Kier molecular flexibility index (Phi) is 5.71. The molecule has 1 heterocycles. The fourth-order valence-electron chi connectivity index (χ4n) is 2.45. The Morgan fingerprint density at radius 2 is 2.08 bits per heavy atom. The molecule has 1 fully saturated rings. The third-order valence-electron chi connectivity index (χ3n) is 4.02. The van der Waals surface area contributed by atoms with Crippen LogP contribution in [0, 0.1) is 0 Å². The van der Waals surface area contributed by atoms with Crippen molar-refractivity contribution in [2.75, 3.05) is 13.7 Å². The summed E-state index contributed by atoms with van der Waals surface area (Å²) in [5.41, 5.74) is 1.13. The molecule has 1 atom stereocenters. The number of amides is 1. The summed E-state index contributed by atoms with van der Waals surface area (Å²) in [6.07, 6.45) is 2.17. The molecule has 1 saturated carbocycles. The molecule has 1 amide bonds. The molecular weight excluding hydrogens is 334 g/mol. The van der Waals surface area contributed by atoms with E-state index in [1.807, 2.05) is 35.7 Å². The van der Waals surface area contributed by atoms with Crippen LogP contribution < -0.4 is 15.4 Å². The van der Waals surface area contributed by atoms with Gasteiger partial charge >= 0.3 is 0 Å². The van der Waals surface area contributed by atoms with Crippen LogP contribution in [0.25, 0.3) is 0 Å². The Bertz CT molecular complexity index is 722. The van der Waals surface area contributed by atoms with E-state index >= 15 is 0 Å². The quantitative estimate of drug-likeness (QED) is 0.591. The lowest BCUT2D eigenvalue weighted by Crippen LogP contribution is -2.30. The van der Waals surface area contributed by atoms with Gasteiger partial charge in [-0.1, -0.05) is 18.2 Å². The van der Waals surface area contributed by atoms with Crippen LogP contribution >= 0.6 is 11.3 Å². The number of thiophene rings is 1. The Morgan fingerprint density at radius 3 is 2.68 bits per heavy atom. The number of hydrogen-bond acceptors (Lipinski definition) is 4. The Morgan fingerprint density at radius 1 is 1.32 bits per heavy atom. The van der Waals surface area contributed by atoms with Crippen molar-refractivity contribution in [3.05, 3.63) is 52.2 Å². The third-order valence-corrected chi connectivity index (χ3v) is 4.90. The number of rotatable bonds is 7. The molecule has 0 aliphatic heterocycles. The molecule has 25 heavy (non-hydrogen) atoms. The lowest BCUT2D eigenvalue weighted by molar-refractivity contribution is -0.123. The van der Waals surface area contributed by atoms with Crippen molar-refractivity contribution in [3.63, 3.8) is 0 Å². The van der Waals surface area contributed by atoms with Gasteiger partial charge in [0.2, 0.25) is 0 Å². The maximum Gasteiger partial charge on any atom is 0.258 e. The zero-order chi connectivity index (χ0) is 17.6. The molecule has 5 nitrogen and oxygen atoms in total. The predicted octanol–water partition coefficient (Wildman–Crippen LogP) is 3.13. The Balaban J connectivity index is 1.53. The highest BCUT2D eigenvalue weighted by Crippen LogP contribution is 2.20. The Hall–Kier alpha value is -2.34. The van der Waals surface area contributed by atoms with Gasteiger partial charge in [-0.3, -0.25) is 9.79 Å². The number of benzene rings is 1. The summed E-state index contributed by atoms with van der Waals surface area (Å²) >= 11 is 1.66. The summed E-state index contributed by atoms with van der Waals surface area (Å²) in [4.78, 5) is 17.1. The zero-order valence-corrected chi connectivity index (χ0v) is 15.3. The van der Waals surface area contributed by atoms with Crippen LogP contribution in [0.15, 0.2) is 46.8 Å². The summed E-state index contributed by atoms with van der Waals surface area (Å²) < 4.78 is 5.54. The first-order chi connectivity index (χ1) is 12.2. The number of aliphatic imine (C=N–C) groups is 1. The zero-order valence-electron chi connectivity index (χ0n) is 14.5. The molecule has 6 heteroatoms. The van der Waals surface area contributed by atoms with Gasteiger partial charge in [0, 0.05) is 19.1 Å². The summed E-state index contributed by atoms with van der Waals surface area (Å²) in [5.74, 6) is 1.53. The summed E-state index contributed by atoms with van der Waals surface area (Å²) in [6, 6.07) is 12.4. The van der Waals surface area contributed by atoms with Gasteiger partial charge < -0.3 is 15.4 Å². The minimum Gasteiger partial charge on any atom is -0.484 e. The van der Waals surface area contributed by atoms with Gasteiger partial charge in [-0.2, -0.15) is 0 Å². The fourth-order valence-corrected chi connectivity index (χ4v) is 3.17. The molecule has 0 saturated heterocycles. The number of nitrogens with one attached hydrogen (secondary N) is 2. The van der Waals surface area contributed by atoms with Gasteiger partial charge in [-0.15, -0.1) is 11.3 Å². The number of carbonyl (C=O) groups is 1. The van der Waals surface area contributed by atoms with Crippen LogP contribution in [0.5, 0.6) is 5.75 Å². The van der Waals surface area contributed by atoms with Crippen molar-refractivity contribution in [3.8, 4) is 5.75 Å². The second-order valence-corrected chi connectivity index (χ2v) is 7.06. The van der Waals surface area contributed by atoms with Crippen LogP contribution in [0.2, 0.25) is 0 Å². The van der Waals surface area contributed by atoms with E-state index in [1.54, 1.807) is 18.4 Å². The van der Waals surface area contributed by atoms with E-state index in [2.05, 4.69) is 28.6 Å². The van der Waals surface area contributed by atoms with E-state index in [0.717, 1.165) is 29.1 Å². The smallest absolute Gasteiger partial charge is 0.258 e. The summed E-state index contributed by atoms with van der Waals surface area (Å²) in [7, 11) is 1.79. The van der Waals surface area contributed by atoms with Crippen molar-refractivity contribution in [2.24, 2.45) is 4.99 Å². The molecule has 1 unspecified atom stereocenters. The molecular formula is C19H23N3O2S. The maximum atomic E-state index is 11.7. The first-order valence-corrected chi connectivity index (χ1v) is 9.33. The average molecular weight is 357 g/mol. The van der Waals surface area contributed by atoms with Gasteiger partial charge in [0.1, 0.15) is 11.6 Å². The lowest BCUT2D eigenvalue weighted by Gasteiger charge is -2.17. The summed E-state index contributed by atoms with van der Waals surface area (Å²) in [5, 5.41) is 8.39. The summed E-state index contributed by atoms with van der Waals surface area (Å²) in [6.45, 7) is 2.16. The molecule has 1 aromatic carbocycles. The fraction of sp³-hybridized carbons (Fsp3) is 0.368. The molecule has 1 aliphatic carbocycles. The highest BCUT2D eigenvalue weighted by Gasteiger charge is 2.23. The first-order valence-electron chi connectivity index (χ1n) is 8.45. The monoisotopic (exact) mass is 357 g/mol. The van der Waals surface area contributed by atoms with Gasteiger partial charge in [0.25, 0.3) is 5.91 Å². The number of ether oxygens (including phenoxy) is 1. The van der Waals surface area contributed by atoms with Crippen LogP contribution in [0.1, 0.15) is 36.2 Å². The van der Waals surface area contributed by atoms with Crippen molar-refractivity contribution in [2.45, 2.75) is 31.8 Å². The van der Waals surface area contributed by atoms with Crippen molar-refractivity contribution >= 4 is 23.1 Å². The second kappa shape index (κ2) is 8.16. The average Bonchev–Trinajstić information content (AvgIpc) is 3.27. The van der Waals surface area contributed by atoms with Gasteiger partial charge in [-0.25, -0.2) is 0 Å². The van der Waals surface area contributed by atoms with E-state index in [9.17, 15) is 4.79 Å². The van der Waals surface area contributed by atoms with E-state index < -0.39 is 0 Å². The molecule has 132 valence electrons. The lowest BCUT2D eigenvalue weighted by atomic mass is 10.1. The maximum absolute atomic E-state index is 11.7. The standard InChI is InChI=1S/C19H23N3O2S/c1-13(21-19(20-2)17-4-3-11-25-17)14-5-9-16(10-6-14)24-12-18(23)22-15-7-8-15/h3-6,9-11,13,15H,7-8,12H2,1-2H3,(H,20,21)(H,22,23). The first kappa shape index (κ1) is 17.5. The van der Waals surface area contributed by atoms with Crippen LogP contribution in [0.3, 0.4) is 0 Å². The molecule has 0 spiro atoms. The van der Waals surface area contributed by atoms with Crippen LogP contribution in [-0.2, 0) is 4.79 Å². The predicted molar refractivity (Wildman–Crippen MR) is 101 cm³/mol. The van der Waals surface area contributed by atoms with Crippen molar-refractivity contribution < 1.29 is 9.53 Å². The second-order valence-electron chi connectivity index (χ2n) is 6.12. The van der Waals surface area contributed by atoms with E-state index in [0.29, 0.717) is 11.8 Å². The highest BCUT2D eigenvalue weighted by molar-refractivity contribution is 7.12. The van der Waals surface area contributed by atoms with E-state index in [-0.39, 0.29) is 18.6 Å². The molecule has 1 aliphatic rings. The molecule has 1 aromatic heterocycles. The Labute approximate surface area is 152 Å².